The third-order valence-electron chi connectivity index (χ3n) is 8.16. The first-order chi connectivity index (χ1) is 19.9. The van der Waals surface area contributed by atoms with Crippen LogP contribution >= 0.6 is 0 Å². The molecular weight excluding hydrogens is 516 g/mol. The number of hydrogen-bond acceptors (Lipinski definition) is 6. The molecule has 0 fully saturated rings. The molecule has 0 N–H and O–H groups in total. The molecule has 0 spiro atoms. The van der Waals surface area contributed by atoms with E-state index in [9.17, 15) is 14.9 Å². The fourth-order valence-electron chi connectivity index (χ4n) is 6.12. The summed E-state index contributed by atoms with van der Waals surface area (Å²) in [5, 5.41) is 11.4. The van der Waals surface area contributed by atoms with E-state index in [0.29, 0.717) is 25.9 Å². The van der Waals surface area contributed by atoms with Crippen LogP contribution in [0, 0.1) is 10.1 Å². The first-order valence-electron chi connectivity index (χ1n) is 14.2. The Kier molecular flexibility index (Phi) is 8.64. The Morgan fingerprint density at radius 1 is 1.07 bits per heavy atom. The Labute approximate surface area is 241 Å². The van der Waals surface area contributed by atoms with Gasteiger partial charge < -0.3 is 9.47 Å². The number of methoxy groups -OCH3 is 1. The minimum absolute atomic E-state index is 0.0750. The van der Waals surface area contributed by atoms with Crippen LogP contribution in [-0.2, 0) is 34.5 Å². The van der Waals surface area contributed by atoms with Gasteiger partial charge in [-0.15, -0.1) is 0 Å². The van der Waals surface area contributed by atoms with E-state index < -0.39 is 5.41 Å². The maximum absolute atomic E-state index is 12.1. The molecule has 3 aromatic carbocycles. The zero-order valence-electron chi connectivity index (χ0n) is 23.7. The second kappa shape index (κ2) is 12.5. The molecule has 41 heavy (non-hydrogen) atoms. The smallest absolute Gasteiger partial charge is 0.306 e. The summed E-state index contributed by atoms with van der Waals surface area (Å²) in [4.78, 5) is 25.6. The quantitative estimate of drug-likeness (QED) is 0.159. The fraction of sp³-hybridized carbons (Fsp3) is 0.324. The Hall–Kier alpha value is -4.23. The molecule has 7 heteroatoms. The van der Waals surface area contributed by atoms with Crippen molar-refractivity contribution in [1.29, 1.82) is 0 Å². The number of rotatable bonds is 10. The summed E-state index contributed by atoms with van der Waals surface area (Å²) in [5.41, 5.74) is 6.88. The predicted octanol–water partition coefficient (Wildman–Crippen LogP) is 6.68. The van der Waals surface area contributed by atoms with Gasteiger partial charge in [-0.3, -0.25) is 19.8 Å². The van der Waals surface area contributed by atoms with Crippen LogP contribution in [0.3, 0.4) is 0 Å². The van der Waals surface area contributed by atoms with Crippen molar-refractivity contribution in [3.8, 4) is 5.75 Å². The lowest BCUT2D eigenvalue weighted by atomic mass is 9.65. The number of carbonyl (C=O) groups is 1. The van der Waals surface area contributed by atoms with Crippen molar-refractivity contribution in [2.75, 3.05) is 20.3 Å². The zero-order chi connectivity index (χ0) is 28.8. The Morgan fingerprint density at radius 2 is 1.85 bits per heavy atom. The molecule has 212 valence electrons. The number of esters is 1. The minimum Gasteiger partial charge on any atom is -0.497 e. The minimum atomic E-state index is -0.489. The average molecular weight is 553 g/mol. The molecule has 0 saturated heterocycles. The number of ether oxygens (including phenoxy) is 2. The summed E-state index contributed by atoms with van der Waals surface area (Å²) in [6.07, 6.45) is 8.94. The number of nitro groups is 1. The van der Waals surface area contributed by atoms with E-state index in [4.69, 9.17) is 9.47 Å². The summed E-state index contributed by atoms with van der Waals surface area (Å²) in [6, 6.07) is 21.7. The van der Waals surface area contributed by atoms with Crippen LogP contribution in [0.5, 0.6) is 5.75 Å². The van der Waals surface area contributed by atoms with Gasteiger partial charge in [0.05, 0.1) is 18.6 Å². The number of allylic oxidation sites excluding steroid dienone is 4. The summed E-state index contributed by atoms with van der Waals surface area (Å²) in [7, 11) is 1.68. The number of benzene rings is 3. The zero-order valence-corrected chi connectivity index (χ0v) is 23.7. The summed E-state index contributed by atoms with van der Waals surface area (Å²) in [5.74, 6) is 0.660. The number of hydrogen-bond donors (Lipinski definition) is 0. The van der Waals surface area contributed by atoms with Gasteiger partial charge in [0.2, 0.25) is 0 Å². The van der Waals surface area contributed by atoms with Crippen molar-refractivity contribution in [2.45, 2.75) is 51.1 Å². The number of fused-ring (bicyclic) bond motifs is 1. The van der Waals surface area contributed by atoms with Crippen molar-refractivity contribution < 1.29 is 19.2 Å². The molecule has 0 bridgehead atoms. The van der Waals surface area contributed by atoms with Gasteiger partial charge in [-0.25, -0.2) is 0 Å². The standard InChI is InChI=1S/C34H36N2O5/c1-3-41-33(37)18-11-25-6-5-20-34(22-25,28-12-14-29(15-13-28)36(38)39)32-8-4-7-27-24-35(21-19-31(27)32)23-26-9-16-30(40-2)17-10-26/h4-10,12-17,20H,3,11,18-19,21-24H2,1-2H3. The van der Waals surface area contributed by atoms with Gasteiger partial charge in [0, 0.05) is 43.6 Å². The molecule has 5 rings (SSSR count). The first-order valence-corrected chi connectivity index (χ1v) is 14.2. The number of non-ortho nitro benzene ring substituents is 1. The maximum Gasteiger partial charge on any atom is 0.306 e. The molecule has 3 aromatic rings. The largest absolute Gasteiger partial charge is 0.497 e. The van der Waals surface area contributed by atoms with Gasteiger partial charge in [0.1, 0.15) is 5.75 Å². The molecule has 0 aromatic heterocycles. The summed E-state index contributed by atoms with van der Waals surface area (Å²) >= 11 is 0. The van der Waals surface area contributed by atoms with E-state index in [1.54, 1.807) is 19.2 Å². The fourth-order valence-corrected chi connectivity index (χ4v) is 6.12. The molecule has 7 nitrogen and oxygen atoms in total. The normalized spacial score (nSPS) is 18.3. The highest BCUT2D eigenvalue weighted by Crippen LogP contribution is 2.45. The lowest BCUT2D eigenvalue weighted by molar-refractivity contribution is -0.384. The lowest BCUT2D eigenvalue weighted by Gasteiger charge is -2.39. The molecular formula is C34H36N2O5. The SMILES string of the molecule is CCOC(=O)CCC1=CC=CC(c2ccc([N+](=O)[O-])cc2)(c2cccc3c2CCN(Cc2ccc(OC)cc2)C3)C1. The second-order valence-electron chi connectivity index (χ2n) is 10.7. The van der Waals surface area contributed by atoms with Crippen molar-refractivity contribution in [2.24, 2.45) is 0 Å². The highest BCUT2D eigenvalue weighted by molar-refractivity contribution is 5.69. The molecule has 1 unspecified atom stereocenters. The lowest BCUT2D eigenvalue weighted by Crippen LogP contribution is -2.34. The number of nitrogens with zero attached hydrogens (tertiary/aromatic N) is 2. The van der Waals surface area contributed by atoms with Crippen LogP contribution < -0.4 is 4.74 Å². The van der Waals surface area contributed by atoms with Crippen molar-refractivity contribution in [3.63, 3.8) is 0 Å². The van der Waals surface area contributed by atoms with Crippen LogP contribution in [0.1, 0.15) is 54.0 Å². The van der Waals surface area contributed by atoms with E-state index in [-0.39, 0.29) is 16.6 Å². The summed E-state index contributed by atoms with van der Waals surface area (Å²) in [6.45, 7) is 4.83. The molecule has 0 saturated carbocycles. The molecule has 2 aliphatic rings. The average Bonchev–Trinajstić information content (AvgIpc) is 3.00. The van der Waals surface area contributed by atoms with Crippen LogP contribution in [0.4, 0.5) is 5.69 Å². The van der Waals surface area contributed by atoms with E-state index in [0.717, 1.165) is 42.9 Å². The van der Waals surface area contributed by atoms with Gasteiger partial charge >= 0.3 is 5.97 Å². The number of carbonyl (C=O) groups excluding carboxylic acids is 1. The van der Waals surface area contributed by atoms with E-state index in [1.807, 2.05) is 31.2 Å². The van der Waals surface area contributed by atoms with Gasteiger partial charge in [0.15, 0.2) is 0 Å². The maximum atomic E-state index is 12.1. The first kappa shape index (κ1) is 28.3. The Bertz CT molecular complexity index is 1460. The van der Waals surface area contributed by atoms with E-state index >= 15 is 0 Å². The van der Waals surface area contributed by atoms with E-state index in [2.05, 4.69) is 53.5 Å². The molecule has 1 heterocycles. The topological polar surface area (TPSA) is 81.9 Å². The van der Waals surface area contributed by atoms with Crippen LogP contribution in [0.15, 0.2) is 90.5 Å². The van der Waals surface area contributed by atoms with Gasteiger partial charge in [-0.1, -0.05) is 66.3 Å². The predicted molar refractivity (Wildman–Crippen MR) is 159 cm³/mol. The molecule has 0 radical (unpaired) electrons. The summed E-state index contributed by atoms with van der Waals surface area (Å²) < 4.78 is 10.5. The molecule has 1 aliphatic carbocycles. The monoisotopic (exact) mass is 552 g/mol. The van der Waals surface area contributed by atoms with Gasteiger partial charge in [-0.05, 0) is 66.1 Å². The van der Waals surface area contributed by atoms with Crippen LogP contribution in [-0.4, -0.2) is 36.1 Å². The van der Waals surface area contributed by atoms with Crippen molar-refractivity contribution in [3.05, 3.63) is 128 Å². The molecule has 1 atom stereocenters. The Morgan fingerprint density at radius 3 is 2.56 bits per heavy atom. The highest BCUT2D eigenvalue weighted by Gasteiger charge is 2.37. The third-order valence-corrected chi connectivity index (χ3v) is 8.16. The third kappa shape index (κ3) is 6.25. The highest BCUT2D eigenvalue weighted by atomic mass is 16.6. The van der Waals surface area contributed by atoms with E-state index in [1.165, 1.54) is 22.3 Å². The van der Waals surface area contributed by atoms with Crippen molar-refractivity contribution >= 4 is 11.7 Å². The second-order valence-corrected chi connectivity index (χ2v) is 10.7. The van der Waals surface area contributed by atoms with Crippen LogP contribution in [0.2, 0.25) is 0 Å². The Balaban J connectivity index is 1.46. The number of nitro benzene ring substituents is 1. The van der Waals surface area contributed by atoms with Gasteiger partial charge in [-0.2, -0.15) is 0 Å². The van der Waals surface area contributed by atoms with Crippen LogP contribution in [0.25, 0.3) is 0 Å². The molecule has 0 amide bonds. The van der Waals surface area contributed by atoms with Gasteiger partial charge in [0.25, 0.3) is 5.69 Å². The van der Waals surface area contributed by atoms with Crippen molar-refractivity contribution in [1.82, 2.24) is 4.90 Å². The molecule has 1 aliphatic heterocycles.